The van der Waals surface area contributed by atoms with Crippen LogP contribution < -0.4 is 15.4 Å². The number of hydrogen-bond donors (Lipinski definition) is 2. The molecule has 1 fully saturated rings. The van der Waals surface area contributed by atoms with Gasteiger partial charge < -0.3 is 15.4 Å². The molecule has 2 atom stereocenters. The van der Waals surface area contributed by atoms with Gasteiger partial charge in [-0.05, 0) is 47.4 Å². The first-order valence-corrected chi connectivity index (χ1v) is 9.00. The molecule has 2 unspecified atom stereocenters. The van der Waals surface area contributed by atoms with E-state index < -0.39 is 6.10 Å². The molecule has 2 N–H and O–H groups in total. The Labute approximate surface area is 162 Å². The smallest absolute Gasteiger partial charge is 0.265 e. The van der Waals surface area contributed by atoms with Gasteiger partial charge in [-0.1, -0.05) is 42.5 Å². The van der Waals surface area contributed by atoms with E-state index in [9.17, 15) is 4.79 Å². The highest BCUT2D eigenvalue weighted by Crippen LogP contribution is 2.29. The molecular formula is C19H22BrClN2O2. The Morgan fingerprint density at radius 2 is 1.92 bits per heavy atom. The summed E-state index contributed by atoms with van der Waals surface area (Å²) in [5, 5.41) is 6.41. The van der Waals surface area contributed by atoms with Gasteiger partial charge in [0.25, 0.3) is 5.91 Å². The Kier molecular flexibility index (Phi) is 7.75. The van der Waals surface area contributed by atoms with Crippen LogP contribution in [0.15, 0.2) is 59.1 Å². The Bertz CT molecular complexity index is 678. The first-order valence-electron chi connectivity index (χ1n) is 8.21. The van der Waals surface area contributed by atoms with Crippen molar-refractivity contribution in [1.29, 1.82) is 0 Å². The molecule has 2 aromatic carbocycles. The fourth-order valence-corrected chi connectivity index (χ4v) is 3.19. The molecular weight excluding hydrogens is 404 g/mol. The largest absolute Gasteiger partial charge is 0.475 e. The predicted molar refractivity (Wildman–Crippen MR) is 105 cm³/mol. The van der Waals surface area contributed by atoms with E-state index in [0.717, 1.165) is 29.4 Å². The summed E-state index contributed by atoms with van der Waals surface area (Å²) in [4.78, 5) is 12.7. The van der Waals surface area contributed by atoms with E-state index in [-0.39, 0.29) is 18.3 Å². The van der Waals surface area contributed by atoms with Gasteiger partial charge in [-0.3, -0.25) is 4.79 Å². The van der Waals surface area contributed by atoms with Crippen molar-refractivity contribution in [3.05, 3.63) is 64.6 Å². The zero-order valence-corrected chi connectivity index (χ0v) is 16.2. The Morgan fingerprint density at radius 1 is 1.20 bits per heavy atom. The lowest BCUT2D eigenvalue weighted by Gasteiger charge is -2.21. The van der Waals surface area contributed by atoms with Gasteiger partial charge in [-0.2, -0.15) is 0 Å². The Morgan fingerprint density at radius 3 is 2.60 bits per heavy atom. The lowest BCUT2D eigenvalue weighted by molar-refractivity contribution is -0.128. The van der Waals surface area contributed by atoms with Crippen LogP contribution in [0.4, 0.5) is 0 Å². The molecule has 0 aliphatic carbocycles. The maximum atomic E-state index is 12.7. The minimum Gasteiger partial charge on any atom is -0.475 e. The second-order valence-corrected chi connectivity index (χ2v) is 6.73. The highest BCUT2D eigenvalue weighted by atomic mass is 79.9. The highest BCUT2D eigenvalue weighted by Gasteiger charge is 2.24. The molecule has 0 bridgehead atoms. The van der Waals surface area contributed by atoms with Crippen LogP contribution in [-0.4, -0.2) is 25.0 Å². The van der Waals surface area contributed by atoms with Gasteiger partial charge in [0.05, 0.1) is 4.47 Å². The van der Waals surface area contributed by atoms with E-state index >= 15 is 0 Å². The molecule has 6 heteroatoms. The van der Waals surface area contributed by atoms with E-state index in [0.29, 0.717) is 18.3 Å². The topological polar surface area (TPSA) is 50.4 Å². The van der Waals surface area contributed by atoms with Gasteiger partial charge >= 0.3 is 0 Å². The molecule has 1 heterocycles. The Balaban J connectivity index is 0.00000225. The van der Waals surface area contributed by atoms with E-state index in [4.69, 9.17) is 4.74 Å². The van der Waals surface area contributed by atoms with Gasteiger partial charge in [0, 0.05) is 18.2 Å². The SMILES string of the molecule is Cl.O=C(NCC1CCCN1)C(Oc1ccccc1Br)c1ccccc1. The van der Waals surface area contributed by atoms with E-state index in [2.05, 4.69) is 26.6 Å². The number of hydrogen-bond acceptors (Lipinski definition) is 3. The summed E-state index contributed by atoms with van der Waals surface area (Å²) in [7, 11) is 0. The summed E-state index contributed by atoms with van der Waals surface area (Å²) in [6.07, 6.45) is 1.59. The lowest BCUT2D eigenvalue weighted by Crippen LogP contribution is -2.40. The summed E-state index contributed by atoms with van der Waals surface area (Å²) >= 11 is 3.47. The number of carbonyl (C=O) groups excluding carboxylic acids is 1. The fourth-order valence-electron chi connectivity index (χ4n) is 2.82. The minimum atomic E-state index is -0.675. The number of benzene rings is 2. The van der Waals surface area contributed by atoms with Crippen molar-refractivity contribution >= 4 is 34.2 Å². The van der Waals surface area contributed by atoms with Gasteiger partial charge in [0.15, 0.2) is 0 Å². The molecule has 134 valence electrons. The van der Waals surface area contributed by atoms with Crippen molar-refractivity contribution in [1.82, 2.24) is 10.6 Å². The van der Waals surface area contributed by atoms with Crippen molar-refractivity contribution in [2.24, 2.45) is 0 Å². The summed E-state index contributed by atoms with van der Waals surface area (Å²) < 4.78 is 6.86. The lowest BCUT2D eigenvalue weighted by atomic mass is 10.1. The number of amides is 1. The fraction of sp³-hybridized carbons (Fsp3) is 0.316. The molecule has 1 amide bonds. The zero-order chi connectivity index (χ0) is 16.8. The molecule has 4 nitrogen and oxygen atoms in total. The third-order valence-electron chi connectivity index (χ3n) is 4.11. The van der Waals surface area contributed by atoms with Gasteiger partial charge in [-0.15, -0.1) is 12.4 Å². The number of carbonyl (C=O) groups is 1. The van der Waals surface area contributed by atoms with Crippen molar-refractivity contribution in [2.45, 2.75) is 25.0 Å². The van der Waals surface area contributed by atoms with Crippen LogP contribution in [0, 0.1) is 0 Å². The molecule has 1 aliphatic heterocycles. The third-order valence-corrected chi connectivity index (χ3v) is 4.76. The van der Waals surface area contributed by atoms with Crippen LogP contribution in [0.1, 0.15) is 24.5 Å². The maximum Gasteiger partial charge on any atom is 0.265 e. The number of rotatable bonds is 6. The van der Waals surface area contributed by atoms with Crippen LogP contribution in [-0.2, 0) is 4.79 Å². The number of ether oxygens (including phenoxy) is 1. The number of halogens is 2. The van der Waals surface area contributed by atoms with Crippen LogP contribution in [0.25, 0.3) is 0 Å². The minimum absolute atomic E-state index is 0. The first kappa shape index (κ1) is 19.8. The summed E-state index contributed by atoms with van der Waals surface area (Å²) in [5.41, 5.74) is 0.838. The monoisotopic (exact) mass is 424 g/mol. The normalized spacial score (nSPS) is 17.4. The standard InChI is InChI=1S/C19H21BrN2O2.ClH/c20-16-10-4-5-11-17(16)24-18(14-7-2-1-3-8-14)19(23)22-13-15-9-6-12-21-15;/h1-5,7-8,10-11,15,18,21H,6,9,12-13H2,(H,22,23);1H. The summed E-state index contributed by atoms with van der Waals surface area (Å²) in [6, 6.07) is 17.5. The first-order chi connectivity index (χ1) is 11.7. The summed E-state index contributed by atoms with van der Waals surface area (Å²) in [6.45, 7) is 1.65. The predicted octanol–water partition coefficient (Wildman–Crippen LogP) is 3.86. The van der Waals surface area contributed by atoms with Crippen LogP contribution in [0.3, 0.4) is 0 Å². The van der Waals surface area contributed by atoms with Gasteiger partial charge in [0.1, 0.15) is 5.75 Å². The maximum absolute atomic E-state index is 12.7. The average Bonchev–Trinajstić information content (AvgIpc) is 3.13. The third kappa shape index (κ3) is 5.46. The zero-order valence-electron chi connectivity index (χ0n) is 13.8. The second-order valence-electron chi connectivity index (χ2n) is 5.88. The Hall–Kier alpha value is -1.56. The van der Waals surface area contributed by atoms with Gasteiger partial charge in [0.2, 0.25) is 6.10 Å². The van der Waals surface area contributed by atoms with Crippen LogP contribution in [0.5, 0.6) is 5.75 Å². The number of para-hydroxylation sites is 1. The summed E-state index contributed by atoms with van der Waals surface area (Å²) in [5.74, 6) is 0.533. The number of nitrogens with one attached hydrogen (secondary N) is 2. The van der Waals surface area contributed by atoms with E-state index in [1.807, 2.05) is 54.6 Å². The van der Waals surface area contributed by atoms with Crippen LogP contribution in [0.2, 0.25) is 0 Å². The molecule has 0 aromatic heterocycles. The molecule has 3 rings (SSSR count). The average molecular weight is 426 g/mol. The molecule has 1 aliphatic rings. The van der Waals surface area contributed by atoms with Gasteiger partial charge in [-0.25, -0.2) is 0 Å². The molecule has 0 spiro atoms. The van der Waals surface area contributed by atoms with Crippen molar-refractivity contribution in [2.75, 3.05) is 13.1 Å². The van der Waals surface area contributed by atoms with E-state index in [1.54, 1.807) is 0 Å². The molecule has 0 radical (unpaired) electrons. The molecule has 1 saturated heterocycles. The van der Waals surface area contributed by atoms with Crippen molar-refractivity contribution in [3.8, 4) is 5.75 Å². The molecule has 25 heavy (non-hydrogen) atoms. The second kappa shape index (κ2) is 9.80. The van der Waals surface area contributed by atoms with Crippen molar-refractivity contribution in [3.63, 3.8) is 0 Å². The van der Waals surface area contributed by atoms with Crippen molar-refractivity contribution < 1.29 is 9.53 Å². The molecule has 2 aromatic rings. The molecule has 0 saturated carbocycles. The van der Waals surface area contributed by atoms with Crippen LogP contribution >= 0.6 is 28.3 Å². The van der Waals surface area contributed by atoms with E-state index in [1.165, 1.54) is 0 Å². The highest BCUT2D eigenvalue weighted by molar-refractivity contribution is 9.10. The quantitative estimate of drug-likeness (QED) is 0.739.